The highest BCUT2D eigenvalue weighted by molar-refractivity contribution is 5.93. The molecule has 0 saturated carbocycles. The smallest absolute Gasteiger partial charge is 0.337 e. The summed E-state index contributed by atoms with van der Waals surface area (Å²) in [5.41, 5.74) is -0.200. The lowest BCUT2D eigenvalue weighted by molar-refractivity contribution is -0.137. The zero-order valence-electron chi connectivity index (χ0n) is 16.2. The molecule has 1 aliphatic heterocycles. The van der Waals surface area contributed by atoms with Crippen LogP contribution in [0, 0.1) is 0 Å². The van der Waals surface area contributed by atoms with Crippen molar-refractivity contribution < 1.29 is 22.8 Å². The van der Waals surface area contributed by atoms with Crippen LogP contribution in [0.25, 0.3) is 6.08 Å². The second-order valence-electron chi connectivity index (χ2n) is 6.94. The van der Waals surface area contributed by atoms with Crippen molar-refractivity contribution in [3.05, 3.63) is 71.8 Å². The van der Waals surface area contributed by atoms with Gasteiger partial charge >= 0.3 is 6.18 Å². The van der Waals surface area contributed by atoms with Gasteiger partial charge in [-0.25, -0.2) is 0 Å². The van der Waals surface area contributed by atoms with E-state index in [-0.39, 0.29) is 18.1 Å². The quantitative estimate of drug-likeness (QED) is 0.758. The van der Waals surface area contributed by atoms with Gasteiger partial charge in [-0.15, -0.1) is 0 Å². The molecule has 2 amide bonds. The Kier molecular flexibility index (Phi) is 6.89. The third kappa shape index (κ3) is 5.93. The maximum absolute atomic E-state index is 13.0. The molecule has 0 unspecified atom stereocenters. The van der Waals surface area contributed by atoms with Crippen LogP contribution in [0.5, 0.6) is 0 Å². The molecule has 0 aliphatic carbocycles. The number of halogens is 3. The molecule has 30 heavy (non-hydrogen) atoms. The van der Waals surface area contributed by atoms with Gasteiger partial charge in [-0.2, -0.15) is 13.2 Å². The van der Waals surface area contributed by atoms with Crippen molar-refractivity contribution >= 4 is 23.6 Å². The van der Waals surface area contributed by atoms with E-state index in [4.69, 9.17) is 0 Å². The van der Waals surface area contributed by atoms with Crippen molar-refractivity contribution in [2.24, 2.45) is 0 Å². The molecule has 0 spiro atoms. The zero-order chi connectivity index (χ0) is 21.6. The van der Waals surface area contributed by atoms with Crippen molar-refractivity contribution in [3.8, 4) is 0 Å². The zero-order valence-corrected chi connectivity index (χ0v) is 16.2. The summed E-state index contributed by atoms with van der Waals surface area (Å²) < 4.78 is 39.1. The monoisotopic (exact) mass is 417 g/mol. The van der Waals surface area contributed by atoms with Crippen LogP contribution in [0.3, 0.4) is 0 Å². The van der Waals surface area contributed by atoms with Crippen LogP contribution in [0.15, 0.2) is 60.7 Å². The maximum Gasteiger partial charge on any atom is 0.418 e. The maximum atomic E-state index is 13.0. The van der Waals surface area contributed by atoms with E-state index in [0.717, 1.165) is 11.6 Å². The molecular weight excluding hydrogens is 395 g/mol. The summed E-state index contributed by atoms with van der Waals surface area (Å²) >= 11 is 0. The first-order valence-electron chi connectivity index (χ1n) is 9.53. The van der Waals surface area contributed by atoms with Crippen molar-refractivity contribution in [1.82, 2.24) is 9.80 Å². The highest BCUT2D eigenvalue weighted by Crippen LogP contribution is 2.34. The SMILES string of the molecule is O=C(CN1CCN(C(=O)C=Cc2ccccc2)CC1)Nc1ccccc1C(F)(F)F. The summed E-state index contributed by atoms with van der Waals surface area (Å²) in [6.45, 7) is 1.81. The number of nitrogens with zero attached hydrogens (tertiary/aromatic N) is 2. The Hall–Kier alpha value is -3.13. The lowest BCUT2D eigenvalue weighted by Crippen LogP contribution is -2.50. The van der Waals surface area contributed by atoms with E-state index in [0.29, 0.717) is 26.2 Å². The molecule has 0 aromatic heterocycles. The van der Waals surface area contributed by atoms with Crippen LogP contribution in [0.1, 0.15) is 11.1 Å². The van der Waals surface area contributed by atoms with Gasteiger partial charge in [0.05, 0.1) is 17.8 Å². The predicted molar refractivity (Wildman–Crippen MR) is 109 cm³/mol. The summed E-state index contributed by atoms with van der Waals surface area (Å²) in [7, 11) is 0. The third-order valence-electron chi connectivity index (χ3n) is 4.78. The number of hydrogen-bond acceptors (Lipinski definition) is 3. The van der Waals surface area contributed by atoms with Crippen LogP contribution in [-0.2, 0) is 15.8 Å². The molecule has 2 aromatic rings. The van der Waals surface area contributed by atoms with Gasteiger partial charge in [-0.05, 0) is 23.8 Å². The minimum atomic E-state index is -4.54. The molecule has 1 aliphatic rings. The van der Waals surface area contributed by atoms with E-state index < -0.39 is 17.6 Å². The van der Waals surface area contributed by atoms with E-state index >= 15 is 0 Å². The Labute approximate surface area is 172 Å². The third-order valence-corrected chi connectivity index (χ3v) is 4.78. The Morgan fingerprint density at radius 1 is 0.933 bits per heavy atom. The molecule has 0 bridgehead atoms. The summed E-state index contributed by atoms with van der Waals surface area (Å²) in [5, 5.41) is 2.34. The van der Waals surface area contributed by atoms with Crippen LogP contribution >= 0.6 is 0 Å². The van der Waals surface area contributed by atoms with E-state index in [2.05, 4.69) is 5.32 Å². The summed E-state index contributed by atoms with van der Waals surface area (Å²) in [4.78, 5) is 28.0. The van der Waals surface area contributed by atoms with Crippen LogP contribution in [-0.4, -0.2) is 54.3 Å². The molecule has 1 heterocycles. The first-order valence-corrected chi connectivity index (χ1v) is 9.53. The number of carbonyl (C=O) groups is 2. The molecule has 0 radical (unpaired) electrons. The molecule has 1 fully saturated rings. The fourth-order valence-electron chi connectivity index (χ4n) is 3.20. The lowest BCUT2D eigenvalue weighted by atomic mass is 10.1. The number of amides is 2. The van der Waals surface area contributed by atoms with Gasteiger partial charge in [-0.1, -0.05) is 42.5 Å². The highest BCUT2D eigenvalue weighted by Gasteiger charge is 2.33. The predicted octanol–water partition coefficient (Wildman–Crippen LogP) is 3.50. The van der Waals surface area contributed by atoms with Gasteiger partial charge in [0.2, 0.25) is 11.8 Å². The molecule has 0 atom stereocenters. The van der Waals surface area contributed by atoms with E-state index in [1.54, 1.807) is 11.0 Å². The second kappa shape index (κ2) is 9.58. The molecule has 5 nitrogen and oxygen atoms in total. The first kappa shape index (κ1) is 21.6. The first-order chi connectivity index (χ1) is 14.3. The van der Waals surface area contributed by atoms with Gasteiger partial charge in [0.25, 0.3) is 0 Å². The minimum absolute atomic E-state index is 0.0337. The number of rotatable bonds is 5. The fraction of sp³-hybridized carbons (Fsp3) is 0.273. The number of nitrogens with one attached hydrogen (secondary N) is 1. The molecule has 1 N–H and O–H groups in total. The standard InChI is InChI=1S/C22H22F3N3O2/c23-22(24,25)18-8-4-5-9-19(18)26-20(29)16-27-12-14-28(15-13-27)21(30)11-10-17-6-2-1-3-7-17/h1-11H,12-16H2,(H,26,29). The number of para-hydroxylation sites is 1. The van der Waals surface area contributed by atoms with Gasteiger partial charge < -0.3 is 10.2 Å². The molecule has 158 valence electrons. The van der Waals surface area contributed by atoms with E-state index in [9.17, 15) is 22.8 Å². The molecular formula is C22H22F3N3O2. The van der Waals surface area contributed by atoms with Crippen LogP contribution in [0.2, 0.25) is 0 Å². The Bertz CT molecular complexity index is 905. The lowest BCUT2D eigenvalue weighted by Gasteiger charge is -2.33. The van der Waals surface area contributed by atoms with Gasteiger partial charge in [0, 0.05) is 32.3 Å². The van der Waals surface area contributed by atoms with Gasteiger partial charge in [0.1, 0.15) is 0 Å². The number of piperazine rings is 1. The summed E-state index contributed by atoms with van der Waals surface area (Å²) in [5.74, 6) is -0.627. The van der Waals surface area contributed by atoms with Crippen molar-refractivity contribution in [3.63, 3.8) is 0 Å². The number of alkyl halides is 3. The second-order valence-corrected chi connectivity index (χ2v) is 6.94. The largest absolute Gasteiger partial charge is 0.418 e. The number of hydrogen-bond donors (Lipinski definition) is 1. The van der Waals surface area contributed by atoms with Crippen molar-refractivity contribution in [1.29, 1.82) is 0 Å². The highest BCUT2D eigenvalue weighted by atomic mass is 19.4. The average Bonchev–Trinajstić information content (AvgIpc) is 2.73. The summed E-state index contributed by atoms with van der Waals surface area (Å²) in [6.07, 6.45) is -1.27. The van der Waals surface area contributed by atoms with E-state index in [1.165, 1.54) is 24.3 Å². The number of benzene rings is 2. The Balaban J connectivity index is 1.48. The molecule has 8 heteroatoms. The molecule has 2 aromatic carbocycles. The van der Waals surface area contributed by atoms with E-state index in [1.807, 2.05) is 35.2 Å². The average molecular weight is 417 g/mol. The van der Waals surface area contributed by atoms with Crippen molar-refractivity contribution in [2.75, 3.05) is 38.0 Å². The van der Waals surface area contributed by atoms with Crippen LogP contribution < -0.4 is 5.32 Å². The normalized spacial score (nSPS) is 15.4. The topological polar surface area (TPSA) is 52.7 Å². The Morgan fingerprint density at radius 3 is 2.23 bits per heavy atom. The van der Waals surface area contributed by atoms with Gasteiger partial charge in [0.15, 0.2) is 0 Å². The minimum Gasteiger partial charge on any atom is -0.337 e. The molecule has 1 saturated heterocycles. The number of carbonyl (C=O) groups excluding carboxylic acids is 2. The summed E-state index contributed by atoms with van der Waals surface area (Å²) in [6, 6.07) is 14.4. The Morgan fingerprint density at radius 2 is 1.57 bits per heavy atom. The fourth-order valence-corrected chi connectivity index (χ4v) is 3.20. The van der Waals surface area contributed by atoms with Gasteiger partial charge in [-0.3, -0.25) is 14.5 Å². The molecule has 3 rings (SSSR count). The van der Waals surface area contributed by atoms with Crippen molar-refractivity contribution in [2.45, 2.75) is 6.18 Å². The number of anilines is 1. The van der Waals surface area contributed by atoms with Crippen LogP contribution in [0.4, 0.5) is 18.9 Å².